The summed E-state index contributed by atoms with van der Waals surface area (Å²) in [5, 5.41) is 2.62. The number of anilines is 1. The Morgan fingerprint density at radius 1 is 1.11 bits per heavy atom. The number of methoxy groups -OCH3 is 2. The molecule has 0 radical (unpaired) electrons. The fourth-order valence-corrected chi connectivity index (χ4v) is 3.71. The van der Waals surface area contributed by atoms with Crippen molar-refractivity contribution in [1.82, 2.24) is 4.31 Å². The summed E-state index contributed by atoms with van der Waals surface area (Å²) >= 11 is 0. The van der Waals surface area contributed by atoms with Crippen molar-refractivity contribution in [3.05, 3.63) is 47.8 Å². The molecule has 0 fully saturated rings. The Balaban J connectivity index is 2.21. The maximum Gasteiger partial charge on any atom is 0.247 e. The third-order valence-electron chi connectivity index (χ3n) is 3.81. The first-order chi connectivity index (χ1) is 12.7. The lowest BCUT2D eigenvalue weighted by atomic mass is 10.2. The van der Waals surface area contributed by atoms with Crippen molar-refractivity contribution in [2.24, 2.45) is 0 Å². The molecule has 2 aromatic carbocycles. The number of rotatable bonds is 7. The zero-order valence-electron chi connectivity index (χ0n) is 15.4. The Bertz CT molecular complexity index is 947. The number of halogens is 1. The number of nitrogens with zero attached hydrogens (tertiary/aromatic N) is 1. The highest BCUT2D eigenvalue weighted by atomic mass is 32.2. The number of hydrogen-bond donors (Lipinski definition) is 1. The van der Waals surface area contributed by atoms with Crippen LogP contribution in [0.2, 0.25) is 0 Å². The molecule has 0 spiro atoms. The van der Waals surface area contributed by atoms with Gasteiger partial charge in [0.1, 0.15) is 22.2 Å². The number of ether oxygens (including phenoxy) is 2. The van der Waals surface area contributed by atoms with Crippen molar-refractivity contribution in [1.29, 1.82) is 0 Å². The SMILES string of the molecule is COc1ccc(C)cc1NC(=O)CN(C)S(=O)(=O)c1cc(F)ccc1OC. The molecule has 0 aliphatic heterocycles. The number of hydrogen-bond acceptors (Lipinski definition) is 5. The third kappa shape index (κ3) is 4.75. The van der Waals surface area contributed by atoms with Gasteiger partial charge in [-0.3, -0.25) is 4.79 Å². The molecule has 27 heavy (non-hydrogen) atoms. The molecule has 0 aliphatic rings. The maximum absolute atomic E-state index is 13.5. The molecule has 146 valence electrons. The maximum atomic E-state index is 13.5. The Labute approximate surface area is 157 Å². The second-order valence-electron chi connectivity index (χ2n) is 5.81. The molecule has 9 heteroatoms. The van der Waals surface area contributed by atoms with Crippen LogP contribution >= 0.6 is 0 Å². The molecule has 0 aliphatic carbocycles. The predicted molar refractivity (Wildman–Crippen MR) is 99.1 cm³/mol. The monoisotopic (exact) mass is 396 g/mol. The molecule has 0 atom stereocenters. The summed E-state index contributed by atoms with van der Waals surface area (Å²) in [7, 11) is -0.164. The molecule has 0 heterocycles. The number of likely N-dealkylation sites (N-methyl/N-ethyl adjacent to an activating group) is 1. The lowest BCUT2D eigenvalue weighted by Gasteiger charge is -2.19. The Hall–Kier alpha value is -2.65. The van der Waals surface area contributed by atoms with E-state index in [-0.39, 0.29) is 10.6 Å². The molecule has 0 saturated heterocycles. The highest BCUT2D eigenvalue weighted by Gasteiger charge is 2.27. The lowest BCUT2D eigenvalue weighted by Crippen LogP contribution is -2.35. The van der Waals surface area contributed by atoms with Crippen molar-refractivity contribution in [2.75, 3.05) is 33.1 Å². The standard InChI is InChI=1S/C18H21FN2O5S/c1-12-5-7-15(25-3)14(9-12)20-18(22)11-21(2)27(23,24)17-10-13(19)6-8-16(17)26-4/h5-10H,11H2,1-4H3,(H,20,22). The lowest BCUT2D eigenvalue weighted by molar-refractivity contribution is -0.116. The minimum absolute atomic E-state index is 0.0102. The smallest absolute Gasteiger partial charge is 0.247 e. The van der Waals surface area contributed by atoms with Crippen LogP contribution in [0.5, 0.6) is 11.5 Å². The summed E-state index contributed by atoms with van der Waals surface area (Å²) in [6.07, 6.45) is 0. The summed E-state index contributed by atoms with van der Waals surface area (Å²) in [5.41, 5.74) is 1.33. The van der Waals surface area contributed by atoms with Crippen molar-refractivity contribution >= 4 is 21.6 Å². The molecule has 2 aromatic rings. The molecule has 0 unspecified atom stereocenters. The topological polar surface area (TPSA) is 84.9 Å². The van der Waals surface area contributed by atoms with E-state index in [4.69, 9.17) is 9.47 Å². The molecular weight excluding hydrogens is 375 g/mol. The van der Waals surface area contributed by atoms with Crippen LogP contribution in [-0.2, 0) is 14.8 Å². The van der Waals surface area contributed by atoms with Gasteiger partial charge in [-0.1, -0.05) is 6.07 Å². The number of carbonyl (C=O) groups excluding carboxylic acids is 1. The van der Waals surface area contributed by atoms with E-state index in [1.807, 2.05) is 13.0 Å². The molecule has 7 nitrogen and oxygen atoms in total. The summed E-state index contributed by atoms with van der Waals surface area (Å²) in [6.45, 7) is 1.38. The van der Waals surface area contributed by atoms with E-state index in [2.05, 4.69) is 5.32 Å². The van der Waals surface area contributed by atoms with Crippen LogP contribution in [0.25, 0.3) is 0 Å². The van der Waals surface area contributed by atoms with E-state index in [0.29, 0.717) is 11.4 Å². The van der Waals surface area contributed by atoms with E-state index in [0.717, 1.165) is 22.0 Å². The highest BCUT2D eigenvalue weighted by Crippen LogP contribution is 2.28. The molecule has 1 N–H and O–H groups in total. The number of amides is 1. The zero-order chi connectivity index (χ0) is 20.2. The van der Waals surface area contributed by atoms with Gasteiger partial charge in [0.15, 0.2) is 0 Å². The predicted octanol–water partition coefficient (Wildman–Crippen LogP) is 2.41. The van der Waals surface area contributed by atoms with E-state index in [1.54, 1.807) is 12.1 Å². The second-order valence-corrected chi connectivity index (χ2v) is 7.82. The number of aryl methyl sites for hydroxylation is 1. The van der Waals surface area contributed by atoms with Gasteiger partial charge in [0.05, 0.1) is 26.5 Å². The van der Waals surface area contributed by atoms with Crippen molar-refractivity contribution in [2.45, 2.75) is 11.8 Å². The van der Waals surface area contributed by atoms with Crippen LogP contribution in [0.1, 0.15) is 5.56 Å². The summed E-state index contributed by atoms with van der Waals surface area (Å²) in [5.74, 6) is -0.854. The Morgan fingerprint density at radius 2 is 1.74 bits per heavy atom. The third-order valence-corrected chi connectivity index (χ3v) is 5.63. The number of benzene rings is 2. The molecule has 2 rings (SSSR count). The summed E-state index contributed by atoms with van der Waals surface area (Å²) in [6, 6.07) is 8.39. The van der Waals surface area contributed by atoms with E-state index in [1.165, 1.54) is 27.3 Å². The first-order valence-electron chi connectivity index (χ1n) is 7.93. The first-order valence-corrected chi connectivity index (χ1v) is 9.37. The summed E-state index contributed by atoms with van der Waals surface area (Å²) < 4.78 is 49.9. The normalized spacial score (nSPS) is 11.3. The minimum Gasteiger partial charge on any atom is -0.495 e. The molecule has 0 aromatic heterocycles. The number of nitrogens with one attached hydrogen (secondary N) is 1. The fraction of sp³-hybridized carbons (Fsp3) is 0.278. The van der Waals surface area contributed by atoms with Crippen molar-refractivity contribution < 1.29 is 27.1 Å². The van der Waals surface area contributed by atoms with Crippen LogP contribution in [0, 0.1) is 12.7 Å². The van der Waals surface area contributed by atoms with Crippen LogP contribution in [0.15, 0.2) is 41.3 Å². The van der Waals surface area contributed by atoms with Crippen molar-refractivity contribution in [3.8, 4) is 11.5 Å². The molecule has 0 bridgehead atoms. The van der Waals surface area contributed by atoms with Gasteiger partial charge in [-0.2, -0.15) is 4.31 Å². The minimum atomic E-state index is -4.14. The Kier molecular flexibility index (Phi) is 6.40. The van der Waals surface area contributed by atoms with Gasteiger partial charge in [-0.05, 0) is 42.8 Å². The van der Waals surface area contributed by atoms with Gasteiger partial charge in [0.2, 0.25) is 15.9 Å². The number of carbonyl (C=O) groups is 1. The van der Waals surface area contributed by atoms with E-state index >= 15 is 0 Å². The van der Waals surface area contributed by atoms with Gasteiger partial charge in [0.25, 0.3) is 0 Å². The zero-order valence-corrected chi connectivity index (χ0v) is 16.3. The van der Waals surface area contributed by atoms with E-state index in [9.17, 15) is 17.6 Å². The van der Waals surface area contributed by atoms with Crippen LogP contribution in [-0.4, -0.2) is 46.4 Å². The van der Waals surface area contributed by atoms with Gasteiger partial charge in [-0.15, -0.1) is 0 Å². The largest absolute Gasteiger partial charge is 0.495 e. The van der Waals surface area contributed by atoms with Crippen LogP contribution < -0.4 is 14.8 Å². The van der Waals surface area contributed by atoms with Gasteiger partial charge in [-0.25, -0.2) is 12.8 Å². The van der Waals surface area contributed by atoms with Gasteiger partial charge >= 0.3 is 0 Å². The molecule has 1 amide bonds. The van der Waals surface area contributed by atoms with Crippen LogP contribution in [0.3, 0.4) is 0 Å². The second kappa shape index (κ2) is 8.36. The quantitative estimate of drug-likeness (QED) is 0.777. The van der Waals surface area contributed by atoms with Gasteiger partial charge < -0.3 is 14.8 Å². The Morgan fingerprint density at radius 3 is 2.37 bits per heavy atom. The highest BCUT2D eigenvalue weighted by molar-refractivity contribution is 7.89. The fourth-order valence-electron chi connectivity index (χ4n) is 2.42. The average molecular weight is 396 g/mol. The molecular formula is C18H21FN2O5S. The first kappa shape index (κ1) is 20.7. The van der Waals surface area contributed by atoms with E-state index < -0.39 is 28.3 Å². The summed E-state index contributed by atoms with van der Waals surface area (Å²) in [4.78, 5) is 12.0. The molecule has 0 saturated carbocycles. The number of sulfonamides is 1. The van der Waals surface area contributed by atoms with Crippen LogP contribution in [0.4, 0.5) is 10.1 Å². The van der Waals surface area contributed by atoms with Gasteiger partial charge in [0, 0.05) is 7.05 Å². The average Bonchev–Trinajstić information content (AvgIpc) is 2.61. The van der Waals surface area contributed by atoms with Crippen molar-refractivity contribution in [3.63, 3.8) is 0 Å².